The number of benzene rings is 2. The van der Waals surface area contributed by atoms with Crippen molar-refractivity contribution in [3.8, 4) is 0 Å². The number of aryl methyl sites for hydroxylation is 2. The van der Waals surface area contributed by atoms with Gasteiger partial charge in [-0.1, -0.05) is 18.2 Å². The molecule has 1 heterocycles. The molecule has 0 atom stereocenters. The summed E-state index contributed by atoms with van der Waals surface area (Å²) in [7, 11) is 0. The number of halogens is 1. The van der Waals surface area contributed by atoms with Crippen molar-refractivity contribution in [2.75, 3.05) is 36.4 Å². The minimum atomic E-state index is -1.20. The van der Waals surface area contributed by atoms with E-state index in [1.54, 1.807) is 36.9 Å². The lowest BCUT2D eigenvalue weighted by molar-refractivity contribution is -0.146. The first-order valence-electron chi connectivity index (χ1n) is 9.87. The van der Waals surface area contributed by atoms with Crippen LogP contribution in [-0.4, -0.2) is 42.9 Å². The molecular formula is C23H28FN3O2. The SMILES string of the molecule is Cc1ccc(NC(=O)C(C)(C)C(=O)N2CCN(c3ccccc3F)CC2)cc1C. The summed E-state index contributed by atoms with van der Waals surface area (Å²) in [5.74, 6) is -0.810. The molecule has 0 spiro atoms. The number of amides is 2. The summed E-state index contributed by atoms with van der Waals surface area (Å²) in [6.45, 7) is 9.25. The van der Waals surface area contributed by atoms with Crippen molar-refractivity contribution in [2.24, 2.45) is 5.41 Å². The van der Waals surface area contributed by atoms with Crippen molar-refractivity contribution in [1.82, 2.24) is 4.90 Å². The van der Waals surface area contributed by atoms with Crippen molar-refractivity contribution in [3.63, 3.8) is 0 Å². The summed E-state index contributed by atoms with van der Waals surface area (Å²) in [5.41, 5.74) is 2.26. The van der Waals surface area contributed by atoms with E-state index in [4.69, 9.17) is 0 Å². The second-order valence-electron chi connectivity index (χ2n) is 8.11. The molecule has 6 heteroatoms. The van der Waals surface area contributed by atoms with Crippen molar-refractivity contribution in [2.45, 2.75) is 27.7 Å². The van der Waals surface area contributed by atoms with Gasteiger partial charge in [0, 0.05) is 31.9 Å². The van der Waals surface area contributed by atoms with Gasteiger partial charge in [-0.3, -0.25) is 9.59 Å². The first-order chi connectivity index (χ1) is 13.7. The van der Waals surface area contributed by atoms with Crippen LogP contribution >= 0.6 is 0 Å². The number of para-hydroxylation sites is 1. The fourth-order valence-corrected chi connectivity index (χ4v) is 3.46. The Kier molecular flexibility index (Phi) is 5.91. The summed E-state index contributed by atoms with van der Waals surface area (Å²) in [5, 5.41) is 2.87. The molecule has 3 rings (SSSR count). The predicted octanol–water partition coefficient (Wildman–Crippen LogP) is 3.76. The summed E-state index contributed by atoms with van der Waals surface area (Å²) >= 11 is 0. The van der Waals surface area contributed by atoms with Gasteiger partial charge in [0.1, 0.15) is 11.2 Å². The summed E-state index contributed by atoms with van der Waals surface area (Å²) in [6, 6.07) is 12.3. The van der Waals surface area contributed by atoms with E-state index in [0.717, 1.165) is 11.1 Å². The Balaban J connectivity index is 1.63. The maximum atomic E-state index is 14.0. The zero-order valence-corrected chi connectivity index (χ0v) is 17.5. The van der Waals surface area contributed by atoms with Gasteiger partial charge in [-0.25, -0.2) is 4.39 Å². The second kappa shape index (κ2) is 8.23. The van der Waals surface area contributed by atoms with Crippen LogP contribution in [0.2, 0.25) is 0 Å². The molecule has 154 valence electrons. The van der Waals surface area contributed by atoms with Gasteiger partial charge >= 0.3 is 0 Å². The van der Waals surface area contributed by atoms with Crippen LogP contribution in [0, 0.1) is 25.1 Å². The fraction of sp³-hybridized carbons (Fsp3) is 0.391. The molecular weight excluding hydrogens is 369 g/mol. The van der Waals surface area contributed by atoms with E-state index < -0.39 is 5.41 Å². The van der Waals surface area contributed by atoms with E-state index in [-0.39, 0.29) is 17.6 Å². The Morgan fingerprint density at radius 2 is 1.62 bits per heavy atom. The van der Waals surface area contributed by atoms with E-state index >= 15 is 0 Å². The third-order valence-electron chi connectivity index (χ3n) is 5.63. The largest absolute Gasteiger partial charge is 0.366 e. The molecule has 0 aliphatic carbocycles. The van der Waals surface area contributed by atoms with Gasteiger partial charge < -0.3 is 15.1 Å². The number of carbonyl (C=O) groups excluding carboxylic acids is 2. The number of nitrogens with zero attached hydrogens (tertiary/aromatic N) is 2. The van der Waals surface area contributed by atoms with E-state index in [2.05, 4.69) is 5.32 Å². The number of anilines is 2. The normalized spacial score (nSPS) is 14.7. The van der Waals surface area contributed by atoms with Crippen LogP contribution in [0.5, 0.6) is 0 Å². The molecule has 29 heavy (non-hydrogen) atoms. The zero-order chi connectivity index (χ0) is 21.2. The van der Waals surface area contributed by atoms with E-state index in [9.17, 15) is 14.0 Å². The topological polar surface area (TPSA) is 52.7 Å². The van der Waals surface area contributed by atoms with Gasteiger partial charge in [0.05, 0.1) is 5.69 Å². The third-order valence-corrected chi connectivity index (χ3v) is 5.63. The lowest BCUT2D eigenvalue weighted by atomic mass is 9.89. The summed E-state index contributed by atoms with van der Waals surface area (Å²) < 4.78 is 14.0. The highest BCUT2D eigenvalue weighted by Gasteiger charge is 2.40. The number of nitrogens with one attached hydrogen (secondary N) is 1. The second-order valence-corrected chi connectivity index (χ2v) is 8.11. The Morgan fingerprint density at radius 1 is 0.966 bits per heavy atom. The quantitative estimate of drug-likeness (QED) is 0.800. The van der Waals surface area contributed by atoms with Crippen molar-refractivity contribution in [3.05, 3.63) is 59.4 Å². The lowest BCUT2D eigenvalue weighted by Gasteiger charge is -2.39. The minimum absolute atomic E-state index is 0.216. The Labute approximate surface area is 171 Å². The maximum Gasteiger partial charge on any atom is 0.239 e. The maximum absolute atomic E-state index is 14.0. The molecule has 0 unspecified atom stereocenters. The summed E-state index contributed by atoms with van der Waals surface area (Å²) in [6.07, 6.45) is 0. The first-order valence-corrected chi connectivity index (χ1v) is 9.87. The number of rotatable bonds is 4. The Hall–Kier alpha value is -2.89. The van der Waals surface area contributed by atoms with Gasteiger partial charge in [0.15, 0.2) is 0 Å². The molecule has 1 saturated heterocycles. The van der Waals surface area contributed by atoms with Crippen LogP contribution in [-0.2, 0) is 9.59 Å². The molecule has 1 N–H and O–H groups in total. The number of hydrogen-bond acceptors (Lipinski definition) is 3. The van der Waals surface area contributed by atoms with Crippen molar-refractivity contribution in [1.29, 1.82) is 0 Å². The molecule has 0 bridgehead atoms. The molecule has 5 nitrogen and oxygen atoms in total. The highest BCUT2D eigenvalue weighted by atomic mass is 19.1. The molecule has 0 aromatic heterocycles. The molecule has 1 fully saturated rings. The Morgan fingerprint density at radius 3 is 2.24 bits per heavy atom. The van der Waals surface area contributed by atoms with E-state index in [0.29, 0.717) is 37.6 Å². The monoisotopic (exact) mass is 397 g/mol. The van der Waals surface area contributed by atoms with Gasteiger partial charge in [0.2, 0.25) is 11.8 Å². The van der Waals surface area contributed by atoms with E-state index in [1.807, 2.05) is 36.9 Å². The molecule has 1 aliphatic heterocycles. The molecule has 2 amide bonds. The van der Waals surface area contributed by atoms with Crippen LogP contribution in [0.4, 0.5) is 15.8 Å². The molecule has 0 saturated carbocycles. The number of piperazine rings is 1. The number of hydrogen-bond donors (Lipinski definition) is 1. The van der Waals surface area contributed by atoms with Crippen LogP contribution in [0.1, 0.15) is 25.0 Å². The highest BCUT2D eigenvalue weighted by molar-refractivity contribution is 6.09. The highest BCUT2D eigenvalue weighted by Crippen LogP contribution is 2.25. The van der Waals surface area contributed by atoms with Crippen LogP contribution in [0.15, 0.2) is 42.5 Å². The zero-order valence-electron chi connectivity index (χ0n) is 17.5. The average Bonchev–Trinajstić information content (AvgIpc) is 2.70. The van der Waals surface area contributed by atoms with Crippen molar-refractivity contribution < 1.29 is 14.0 Å². The molecule has 0 radical (unpaired) electrons. The predicted molar refractivity (Wildman–Crippen MR) is 114 cm³/mol. The minimum Gasteiger partial charge on any atom is -0.366 e. The number of carbonyl (C=O) groups is 2. The van der Waals surface area contributed by atoms with Gasteiger partial charge in [-0.05, 0) is 63.1 Å². The van der Waals surface area contributed by atoms with Crippen molar-refractivity contribution >= 4 is 23.2 Å². The van der Waals surface area contributed by atoms with Gasteiger partial charge in [-0.2, -0.15) is 0 Å². The molecule has 1 aliphatic rings. The van der Waals surface area contributed by atoms with Crippen LogP contribution < -0.4 is 10.2 Å². The summed E-state index contributed by atoms with van der Waals surface area (Å²) in [4.78, 5) is 29.5. The standard InChI is InChI=1S/C23H28FN3O2/c1-16-9-10-18(15-17(16)2)25-21(28)23(3,4)22(29)27-13-11-26(12-14-27)20-8-6-5-7-19(20)24/h5-10,15H,11-14H2,1-4H3,(H,25,28). The lowest BCUT2D eigenvalue weighted by Crippen LogP contribution is -2.54. The fourth-order valence-electron chi connectivity index (χ4n) is 3.46. The third kappa shape index (κ3) is 4.42. The smallest absolute Gasteiger partial charge is 0.239 e. The van der Waals surface area contributed by atoms with Gasteiger partial charge in [0.25, 0.3) is 0 Å². The molecule has 2 aromatic rings. The molecule has 2 aromatic carbocycles. The Bertz CT molecular complexity index is 918. The first kappa shape index (κ1) is 20.8. The van der Waals surface area contributed by atoms with Gasteiger partial charge in [-0.15, -0.1) is 0 Å². The van der Waals surface area contributed by atoms with Crippen LogP contribution in [0.3, 0.4) is 0 Å². The average molecular weight is 397 g/mol. The van der Waals surface area contributed by atoms with E-state index in [1.165, 1.54) is 6.07 Å². The van der Waals surface area contributed by atoms with Crippen LogP contribution in [0.25, 0.3) is 0 Å².